The number of hydrogen-bond acceptors (Lipinski definition) is 4. The molecule has 3 heterocycles. The molecule has 0 saturated carbocycles. The maximum atomic E-state index is 13.3. The minimum atomic E-state index is -4.47. The van der Waals surface area contributed by atoms with Crippen LogP contribution in [0.2, 0.25) is 0 Å². The van der Waals surface area contributed by atoms with Gasteiger partial charge >= 0.3 is 12.3 Å². The highest BCUT2D eigenvalue weighted by Gasteiger charge is 2.36. The van der Waals surface area contributed by atoms with Gasteiger partial charge in [-0.2, -0.15) is 13.2 Å². The number of nitrogens with one attached hydrogen (secondary N) is 1. The summed E-state index contributed by atoms with van der Waals surface area (Å²) in [6.07, 6.45) is -2.73. The minimum Gasteiger partial charge on any atom is -0.453 e. The van der Waals surface area contributed by atoms with Crippen LogP contribution in [0.3, 0.4) is 0 Å². The average molecular weight is 464 g/mol. The lowest BCUT2D eigenvalue weighted by Gasteiger charge is -2.33. The number of alkyl halides is 3. The Labute approximate surface area is 187 Å². The second-order valence-electron chi connectivity index (χ2n) is 8.17. The summed E-state index contributed by atoms with van der Waals surface area (Å²) in [5.41, 5.74) is -0.123. The number of fused-ring (bicyclic) bond motifs is 1. The van der Waals surface area contributed by atoms with Gasteiger partial charge in [-0.1, -0.05) is 0 Å². The fourth-order valence-electron chi connectivity index (χ4n) is 4.28. The predicted octanol–water partition coefficient (Wildman–Crippen LogP) is 3.30. The third kappa shape index (κ3) is 4.27. The molecule has 4 rings (SSSR count). The van der Waals surface area contributed by atoms with Crippen LogP contribution in [0.4, 0.5) is 23.7 Å². The fourth-order valence-corrected chi connectivity index (χ4v) is 4.28. The van der Waals surface area contributed by atoms with Gasteiger partial charge in [0.05, 0.1) is 18.2 Å². The molecule has 1 N–H and O–H groups in total. The SMILES string of the molecule is COC(=O)N1CCC(NC(=O)c2ccn3c2C(=O)N(c2ccc(C(F)(F)F)cc2)C[C@@H]3C)C1. The van der Waals surface area contributed by atoms with Gasteiger partial charge in [0.2, 0.25) is 0 Å². The van der Waals surface area contributed by atoms with Crippen molar-refractivity contribution in [2.75, 3.05) is 31.6 Å². The first-order chi connectivity index (χ1) is 15.6. The van der Waals surface area contributed by atoms with E-state index in [1.54, 1.807) is 16.8 Å². The summed E-state index contributed by atoms with van der Waals surface area (Å²) >= 11 is 0. The summed E-state index contributed by atoms with van der Waals surface area (Å²) in [7, 11) is 1.29. The van der Waals surface area contributed by atoms with Crippen molar-refractivity contribution in [3.63, 3.8) is 0 Å². The molecule has 0 aliphatic carbocycles. The fraction of sp³-hybridized carbons (Fsp3) is 0.409. The monoisotopic (exact) mass is 464 g/mol. The highest BCUT2D eigenvalue weighted by molar-refractivity contribution is 6.13. The van der Waals surface area contributed by atoms with E-state index in [0.29, 0.717) is 25.2 Å². The zero-order valence-electron chi connectivity index (χ0n) is 18.1. The van der Waals surface area contributed by atoms with E-state index in [0.717, 1.165) is 12.1 Å². The molecule has 2 aliphatic heterocycles. The van der Waals surface area contributed by atoms with Crippen LogP contribution in [-0.2, 0) is 10.9 Å². The normalized spacial score (nSPS) is 20.6. The Bertz CT molecular complexity index is 1080. The molecule has 11 heteroatoms. The van der Waals surface area contributed by atoms with Crippen molar-refractivity contribution >= 4 is 23.6 Å². The summed E-state index contributed by atoms with van der Waals surface area (Å²) in [6.45, 7) is 2.86. The molecule has 33 heavy (non-hydrogen) atoms. The number of benzene rings is 1. The van der Waals surface area contributed by atoms with E-state index in [4.69, 9.17) is 4.74 Å². The lowest BCUT2D eigenvalue weighted by Crippen LogP contribution is -2.44. The number of ether oxygens (including phenoxy) is 1. The van der Waals surface area contributed by atoms with Crippen LogP contribution in [0.15, 0.2) is 36.5 Å². The maximum absolute atomic E-state index is 13.3. The van der Waals surface area contributed by atoms with Gasteiger partial charge in [0.25, 0.3) is 11.8 Å². The first-order valence-corrected chi connectivity index (χ1v) is 10.4. The second kappa shape index (κ2) is 8.45. The average Bonchev–Trinajstić information content (AvgIpc) is 3.43. The number of amides is 3. The topological polar surface area (TPSA) is 83.9 Å². The van der Waals surface area contributed by atoms with E-state index >= 15 is 0 Å². The van der Waals surface area contributed by atoms with E-state index in [2.05, 4.69) is 5.32 Å². The lowest BCUT2D eigenvalue weighted by atomic mass is 10.1. The summed E-state index contributed by atoms with van der Waals surface area (Å²) < 4.78 is 45.1. The summed E-state index contributed by atoms with van der Waals surface area (Å²) in [5.74, 6) is -0.916. The molecule has 8 nitrogen and oxygen atoms in total. The predicted molar refractivity (Wildman–Crippen MR) is 112 cm³/mol. The van der Waals surface area contributed by atoms with Crippen molar-refractivity contribution in [3.05, 3.63) is 53.3 Å². The number of carbonyl (C=O) groups excluding carboxylic acids is 3. The van der Waals surface area contributed by atoms with Gasteiger partial charge in [0.15, 0.2) is 0 Å². The third-order valence-corrected chi connectivity index (χ3v) is 5.99. The highest BCUT2D eigenvalue weighted by Crippen LogP contribution is 2.33. The minimum absolute atomic E-state index is 0.175. The first-order valence-electron chi connectivity index (χ1n) is 10.4. The molecule has 0 radical (unpaired) electrons. The van der Waals surface area contributed by atoms with Gasteiger partial charge < -0.3 is 24.4 Å². The number of carbonyl (C=O) groups is 3. The van der Waals surface area contributed by atoms with Crippen molar-refractivity contribution in [1.29, 1.82) is 0 Å². The van der Waals surface area contributed by atoms with E-state index in [1.165, 1.54) is 29.0 Å². The van der Waals surface area contributed by atoms with Gasteiger partial charge in [-0.15, -0.1) is 0 Å². The van der Waals surface area contributed by atoms with E-state index in [1.807, 2.05) is 6.92 Å². The number of methoxy groups -OCH3 is 1. The van der Waals surface area contributed by atoms with Gasteiger partial charge in [0, 0.05) is 43.6 Å². The Morgan fingerprint density at radius 3 is 2.45 bits per heavy atom. The maximum Gasteiger partial charge on any atom is 0.416 e. The van der Waals surface area contributed by atoms with Gasteiger partial charge in [-0.25, -0.2) is 4.79 Å². The molecule has 0 bridgehead atoms. The quantitative estimate of drug-likeness (QED) is 0.756. The van der Waals surface area contributed by atoms with E-state index in [-0.39, 0.29) is 29.9 Å². The van der Waals surface area contributed by atoms with Gasteiger partial charge in [-0.05, 0) is 43.7 Å². The Balaban J connectivity index is 1.54. The Morgan fingerprint density at radius 1 is 1.12 bits per heavy atom. The zero-order valence-corrected chi connectivity index (χ0v) is 18.1. The van der Waals surface area contributed by atoms with Crippen LogP contribution in [0.5, 0.6) is 0 Å². The van der Waals surface area contributed by atoms with Crippen molar-refractivity contribution in [2.45, 2.75) is 31.6 Å². The molecule has 1 unspecified atom stereocenters. The molecule has 2 atom stereocenters. The molecule has 0 spiro atoms. The second-order valence-corrected chi connectivity index (χ2v) is 8.17. The van der Waals surface area contributed by atoms with Crippen LogP contribution >= 0.6 is 0 Å². The number of rotatable bonds is 3. The van der Waals surface area contributed by atoms with Crippen LogP contribution in [0, 0.1) is 0 Å². The Morgan fingerprint density at radius 2 is 1.82 bits per heavy atom. The van der Waals surface area contributed by atoms with Gasteiger partial charge in [-0.3, -0.25) is 9.59 Å². The Kier molecular flexibility index (Phi) is 5.81. The van der Waals surface area contributed by atoms with Crippen molar-refractivity contribution < 1.29 is 32.3 Å². The Hall–Kier alpha value is -3.50. The number of aromatic nitrogens is 1. The number of likely N-dealkylation sites (tertiary alicyclic amines) is 1. The molecule has 176 valence electrons. The van der Waals surface area contributed by atoms with Crippen molar-refractivity contribution in [3.8, 4) is 0 Å². The van der Waals surface area contributed by atoms with E-state index < -0.39 is 29.6 Å². The molecule has 1 aromatic carbocycles. The lowest BCUT2D eigenvalue weighted by molar-refractivity contribution is -0.137. The molecule has 2 aromatic rings. The summed E-state index contributed by atoms with van der Waals surface area (Å²) in [4.78, 5) is 40.8. The number of halogens is 3. The van der Waals surface area contributed by atoms with Crippen LogP contribution in [0.25, 0.3) is 0 Å². The van der Waals surface area contributed by atoms with Crippen LogP contribution in [-0.4, -0.2) is 60.2 Å². The largest absolute Gasteiger partial charge is 0.453 e. The molecule has 1 saturated heterocycles. The van der Waals surface area contributed by atoms with Crippen LogP contribution < -0.4 is 10.2 Å². The third-order valence-electron chi connectivity index (χ3n) is 5.99. The molecule has 1 fully saturated rings. The first kappa shape index (κ1) is 22.7. The molecular weight excluding hydrogens is 441 g/mol. The van der Waals surface area contributed by atoms with Gasteiger partial charge in [0.1, 0.15) is 5.69 Å². The standard InChI is InChI=1S/C22H23F3N4O4/c1-13-11-29(16-5-3-14(4-6-16)22(23,24)25)20(31)18-17(8-10-28(13)18)19(30)26-15-7-9-27(12-15)21(32)33-2/h3-6,8,10,13,15H,7,9,11-12H2,1-2H3,(H,26,30)/t13-,15?/m0/s1. The zero-order chi connectivity index (χ0) is 23.9. The molecule has 1 aromatic heterocycles. The van der Waals surface area contributed by atoms with Crippen LogP contribution in [0.1, 0.15) is 45.8 Å². The molecular formula is C22H23F3N4O4. The smallest absolute Gasteiger partial charge is 0.416 e. The van der Waals surface area contributed by atoms with Crippen molar-refractivity contribution in [2.24, 2.45) is 0 Å². The number of nitrogens with zero attached hydrogens (tertiary/aromatic N) is 3. The molecule has 2 aliphatic rings. The highest BCUT2D eigenvalue weighted by atomic mass is 19.4. The number of anilines is 1. The number of hydrogen-bond donors (Lipinski definition) is 1. The summed E-state index contributed by atoms with van der Waals surface area (Å²) in [5, 5.41) is 2.86. The van der Waals surface area contributed by atoms with Crippen molar-refractivity contribution in [1.82, 2.24) is 14.8 Å². The van der Waals surface area contributed by atoms with E-state index in [9.17, 15) is 27.6 Å². The summed E-state index contributed by atoms with van der Waals surface area (Å²) in [6, 6.07) is 5.46. The molecule has 3 amide bonds.